The van der Waals surface area contributed by atoms with Crippen LogP contribution in [-0.4, -0.2) is 28.1 Å². The standard InChI is InChI=1S/C16H20ClN3O/c1-19-15(17)10-18-16(19)11-20-8-4-7-14(20)12-5-3-6-13(9-12)21-2/h3,5-6,9-10,14H,4,7-8,11H2,1-2H3/t14-/m1/s1. The lowest BCUT2D eigenvalue weighted by Gasteiger charge is -2.24. The molecule has 2 aromatic rings. The molecule has 0 bridgehead atoms. The van der Waals surface area contributed by atoms with Crippen LogP contribution in [0.25, 0.3) is 0 Å². The Hall–Kier alpha value is -1.52. The lowest BCUT2D eigenvalue weighted by molar-refractivity contribution is 0.239. The maximum absolute atomic E-state index is 6.07. The summed E-state index contributed by atoms with van der Waals surface area (Å²) in [7, 11) is 3.67. The van der Waals surface area contributed by atoms with E-state index in [1.807, 2.05) is 17.7 Å². The molecule has 0 spiro atoms. The van der Waals surface area contributed by atoms with Crippen molar-refractivity contribution in [2.24, 2.45) is 7.05 Å². The second kappa shape index (κ2) is 6.08. The van der Waals surface area contributed by atoms with Gasteiger partial charge in [-0.05, 0) is 37.1 Å². The topological polar surface area (TPSA) is 30.3 Å². The molecule has 3 rings (SSSR count). The number of halogens is 1. The maximum Gasteiger partial charge on any atom is 0.128 e. The average molecular weight is 306 g/mol. The number of hydrogen-bond donors (Lipinski definition) is 0. The Morgan fingerprint density at radius 2 is 2.29 bits per heavy atom. The maximum atomic E-state index is 6.07. The highest BCUT2D eigenvalue weighted by molar-refractivity contribution is 6.29. The molecular formula is C16H20ClN3O. The quantitative estimate of drug-likeness (QED) is 0.867. The molecule has 1 aliphatic heterocycles. The molecule has 0 radical (unpaired) electrons. The summed E-state index contributed by atoms with van der Waals surface area (Å²) < 4.78 is 7.28. The van der Waals surface area contributed by atoms with E-state index in [0.717, 1.165) is 24.7 Å². The van der Waals surface area contributed by atoms with Crippen molar-refractivity contribution >= 4 is 11.6 Å². The Kier molecular flexibility index (Phi) is 4.17. The van der Waals surface area contributed by atoms with Crippen molar-refractivity contribution < 1.29 is 4.74 Å². The van der Waals surface area contributed by atoms with Crippen molar-refractivity contribution in [1.29, 1.82) is 0 Å². The van der Waals surface area contributed by atoms with Crippen LogP contribution in [0.4, 0.5) is 0 Å². The number of hydrogen-bond acceptors (Lipinski definition) is 3. The number of likely N-dealkylation sites (tertiary alicyclic amines) is 1. The highest BCUT2D eigenvalue weighted by Gasteiger charge is 2.27. The van der Waals surface area contributed by atoms with Gasteiger partial charge in [-0.1, -0.05) is 23.7 Å². The summed E-state index contributed by atoms with van der Waals surface area (Å²) in [5, 5.41) is 0.683. The molecule has 0 unspecified atom stereocenters. The van der Waals surface area contributed by atoms with Gasteiger partial charge in [0.15, 0.2) is 0 Å². The van der Waals surface area contributed by atoms with Crippen molar-refractivity contribution in [3.8, 4) is 5.75 Å². The van der Waals surface area contributed by atoms with Crippen LogP contribution in [0.2, 0.25) is 5.15 Å². The van der Waals surface area contributed by atoms with Crippen LogP contribution in [0.5, 0.6) is 5.75 Å². The summed E-state index contributed by atoms with van der Waals surface area (Å²) in [5.41, 5.74) is 1.31. The minimum atomic E-state index is 0.426. The third kappa shape index (κ3) is 2.92. The number of aromatic nitrogens is 2. The van der Waals surface area contributed by atoms with Crippen molar-refractivity contribution in [1.82, 2.24) is 14.5 Å². The Morgan fingerprint density at radius 1 is 1.43 bits per heavy atom. The van der Waals surface area contributed by atoms with E-state index in [1.54, 1.807) is 13.3 Å². The van der Waals surface area contributed by atoms with Crippen molar-refractivity contribution in [2.75, 3.05) is 13.7 Å². The van der Waals surface area contributed by atoms with Gasteiger partial charge >= 0.3 is 0 Å². The molecule has 1 aromatic heterocycles. The third-order valence-corrected chi connectivity index (χ3v) is 4.57. The highest BCUT2D eigenvalue weighted by Crippen LogP contribution is 2.34. The molecule has 0 aliphatic carbocycles. The van der Waals surface area contributed by atoms with E-state index >= 15 is 0 Å². The molecule has 1 aromatic carbocycles. The van der Waals surface area contributed by atoms with Crippen LogP contribution in [-0.2, 0) is 13.6 Å². The lowest BCUT2D eigenvalue weighted by Crippen LogP contribution is -2.24. The van der Waals surface area contributed by atoms with E-state index in [1.165, 1.54) is 18.4 Å². The van der Waals surface area contributed by atoms with Crippen molar-refractivity contribution in [3.63, 3.8) is 0 Å². The summed E-state index contributed by atoms with van der Waals surface area (Å²) in [4.78, 5) is 6.87. The molecule has 5 heteroatoms. The van der Waals surface area contributed by atoms with Crippen LogP contribution in [0, 0.1) is 0 Å². The number of imidazole rings is 1. The summed E-state index contributed by atoms with van der Waals surface area (Å²) in [6.45, 7) is 1.91. The fourth-order valence-corrected chi connectivity index (χ4v) is 3.14. The second-order valence-corrected chi connectivity index (χ2v) is 5.85. The number of ether oxygens (including phenoxy) is 1. The number of rotatable bonds is 4. The summed E-state index contributed by atoms with van der Waals surface area (Å²) in [5.74, 6) is 1.93. The molecular weight excluding hydrogens is 286 g/mol. The molecule has 1 aliphatic rings. The highest BCUT2D eigenvalue weighted by atomic mass is 35.5. The van der Waals surface area contributed by atoms with Gasteiger partial charge < -0.3 is 9.30 Å². The molecule has 0 N–H and O–H groups in total. The van der Waals surface area contributed by atoms with E-state index in [0.29, 0.717) is 11.2 Å². The molecule has 1 atom stereocenters. The largest absolute Gasteiger partial charge is 0.497 e. The first-order chi connectivity index (χ1) is 10.2. The molecule has 21 heavy (non-hydrogen) atoms. The minimum absolute atomic E-state index is 0.426. The van der Waals surface area contributed by atoms with Gasteiger partial charge in [0, 0.05) is 13.1 Å². The first-order valence-corrected chi connectivity index (χ1v) is 7.61. The zero-order chi connectivity index (χ0) is 14.8. The van der Waals surface area contributed by atoms with Gasteiger partial charge in [-0.15, -0.1) is 0 Å². The normalized spacial score (nSPS) is 19.1. The van der Waals surface area contributed by atoms with Gasteiger partial charge in [0.1, 0.15) is 16.7 Å². The first kappa shape index (κ1) is 14.4. The Bertz CT molecular complexity index is 626. The van der Waals surface area contributed by atoms with Crippen LogP contribution >= 0.6 is 11.6 Å². The number of nitrogens with zero attached hydrogens (tertiary/aromatic N) is 3. The van der Waals surface area contributed by atoms with Gasteiger partial charge in [-0.2, -0.15) is 0 Å². The van der Waals surface area contributed by atoms with Crippen LogP contribution < -0.4 is 4.74 Å². The fourth-order valence-electron chi connectivity index (χ4n) is 2.99. The lowest BCUT2D eigenvalue weighted by atomic mass is 10.0. The van der Waals surface area contributed by atoms with E-state index in [-0.39, 0.29) is 0 Å². The molecule has 0 amide bonds. The Balaban J connectivity index is 1.80. The van der Waals surface area contributed by atoms with Gasteiger partial charge in [0.25, 0.3) is 0 Å². The molecule has 1 saturated heterocycles. The predicted octanol–water partition coefficient (Wildman–Crippen LogP) is 3.42. The summed E-state index contributed by atoms with van der Waals surface area (Å²) in [6.07, 6.45) is 4.10. The molecule has 2 heterocycles. The summed E-state index contributed by atoms with van der Waals surface area (Å²) in [6, 6.07) is 8.78. The SMILES string of the molecule is COc1cccc([C@H]2CCCN2Cc2ncc(Cl)n2C)c1. The average Bonchev–Trinajstić information content (AvgIpc) is 3.09. The fraction of sp³-hybridized carbons (Fsp3) is 0.438. The molecule has 112 valence electrons. The first-order valence-electron chi connectivity index (χ1n) is 7.23. The predicted molar refractivity (Wildman–Crippen MR) is 83.6 cm³/mol. The van der Waals surface area contributed by atoms with Gasteiger partial charge in [0.05, 0.1) is 19.9 Å². The summed E-state index contributed by atoms with van der Waals surface area (Å²) >= 11 is 6.07. The molecule has 4 nitrogen and oxygen atoms in total. The Morgan fingerprint density at radius 3 is 3.00 bits per heavy atom. The number of methoxy groups -OCH3 is 1. The van der Waals surface area contributed by atoms with Crippen LogP contribution in [0.15, 0.2) is 30.5 Å². The van der Waals surface area contributed by atoms with E-state index < -0.39 is 0 Å². The molecule has 0 saturated carbocycles. The number of benzene rings is 1. The minimum Gasteiger partial charge on any atom is -0.497 e. The van der Waals surface area contributed by atoms with E-state index in [4.69, 9.17) is 16.3 Å². The van der Waals surface area contributed by atoms with Gasteiger partial charge in [-0.3, -0.25) is 4.90 Å². The Labute approximate surface area is 130 Å². The second-order valence-electron chi connectivity index (χ2n) is 5.46. The van der Waals surface area contributed by atoms with Gasteiger partial charge in [0.2, 0.25) is 0 Å². The van der Waals surface area contributed by atoms with Gasteiger partial charge in [-0.25, -0.2) is 4.98 Å². The van der Waals surface area contributed by atoms with Crippen molar-refractivity contribution in [2.45, 2.75) is 25.4 Å². The van der Waals surface area contributed by atoms with E-state index in [2.05, 4.69) is 28.1 Å². The smallest absolute Gasteiger partial charge is 0.128 e. The zero-order valence-electron chi connectivity index (χ0n) is 12.4. The zero-order valence-corrected chi connectivity index (χ0v) is 13.2. The van der Waals surface area contributed by atoms with Crippen molar-refractivity contribution in [3.05, 3.63) is 47.0 Å². The van der Waals surface area contributed by atoms with E-state index in [9.17, 15) is 0 Å². The monoisotopic (exact) mass is 305 g/mol. The van der Waals surface area contributed by atoms with Crippen LogP contribution in [0.3, 0.4) is 0 Å². The molecule has 1 fully saturated rings. The van der Waals surface area contributed by atoms with Crippen LogP contribution in [0.1, 0.15) is 30.3 Å². The third-order valence-electron chi connectivity index (χ3n) is 4.21.